The third-order valence-corrected chi connectivity index (χ3v) is 3.13. The molecule has 24 heavy (non-hydrogen) atoms. The Morgan fingerprint density at radius 3 is 2.54 bits per heavy atom. The molecule has 0 aliphatic carbocycles. The van der Waals surface area contributed by atoms with E-state index in [1.165, 1.54) is 37.6 Å². The van der Waals surface area contributed by atoms with Crippen molar-refractivity contribution in [3.8, 4) is 0 Å². The molecule has 0 aliphatic rings. The van der Waals surface area contributed by atoms with Gasteiger partial charge in [0.1, 0.15) is 5.15 Å². The lowest BCUT2D eigenvalue weighted by atomic mass is 10.2. The molecule has 0 saturated heterocycles. The summed E-state index contributed by atoms with van der Waals surface area (Å²) in [5.74, 6) is -1.90. The van der Waals surface area contributed by atoms with Crippen LogP contribution in [0, 0.1) is 0 Å². The second-order valence-electron chi connectivity index (χ2n) is 4.53. The van der Waals surface area contributed by atoms with Gasteiger partial charge in [0, 0.05) is 6.20 Å². The highest BCUT2D eigenvalue weighted by molar-refractivity contribution is 6.29. The predicted molar refractivity (Wildman–Crippen MR) is 85.9 cm³/mol. The number of rotatable bonds is 5. The summed E-state index contributed by atoms with van der Waals surface area (Å²) in [6.45, 7) is -0.517. The van der Waals surface area contributed by atoms with E-state index in [2.05, 4.69) is 15.0 Å². The average molecular weight is 349 g/mol. The number of carbonyl (C=O) groups is 3. The molecular formula is C16H13ClN2O5. The average Bonchev–Trinajstić information content (AvgIpc) is 2.60. The van der Waals surface area contributed by atoms with Gasteiger partial charge in [-0.2, -0.15) is 0 Å². The number of hydrogen-bond acceptors (Lipinski definition) is 6. The van der Waals surface area contributed by atoms with Gasteiger partial charge in [0.05, 0.1) is 23.9 Å². The SMILES string of the molecule is COC(=O)c1ccccc1NC(=O)COC(=O)c1ccc(Cl)nc1. The van der Waals surface area contributed by atoms with Crippen LogP contribution in [0.5, 0.6) is 0 Å². The van der Waals surface area contributed by atoms with Crippen LogP contribution in [-0.4, -0.2) is 36.5 Å². The molecule has 1 N–H and O–H groups in total. The van der Waals surface area contributed by atoms with Crippen LogP contribution in [0.25, 0.3) is 0 Å². The summed E-state index contributed by atoms with van der Waals surface area (Å²) in [6, 6.07) is 9.19. The zero-order valence-electron chi connectivity index (χ0n) is 12.6. The van der Waals surface area contributed by atoms with E-state index in [1.807, 2.05) is 0 Å². The van der Waals surface area contributed by atoms with Gasteiger partial charge in [0.2, 0.25) is 0 Å². The van der Waals surface area contributed by atoms with Crippen LogP contribution in [0.15, 0.2) is 42.6 Å². The van der Waals surface area contributed by atoms with Crippen molar-refractivity contribution in [1.29, 1.82) is 0 Å². The molecule has 2 rings (SSSR count). The van der Waals surface area contributed by atoms with Crippen molar-refractivity contribution in [1.82, 2.24) is 4.98 Å². The van der Waals surface area contributed by atoms with Crippen LogP contribution >= 0.6 is 11.6 Å². The highest BCUT2D eigenvalue weighted by Crippen LogP contribution is 2.16. The Hall–Kier alpha value is -2.93. The van der Waals surface area contributed by atoms with Crippen LogP contribution in [0.3, 0.4) is 0 Å². The molecule has 1 aromatic carbocycles. The first-order chi connectivity index (χ1) is 11.5. The fraction of sp³-hybridized carbons (Fsp3) is 0.125. The third kappa shape index (κ3) is 4.53. The van der Waals surface area contributed by atoms with Crippen molar-refractivity contribution in [2.45, 2.75) is 0 Å². The Morgan fingerprint density at radius 2 is 1.88 bits per heavy atom. The number of para-hydroxylation sites is 1. The molecular weight excluding hydrogens is 336 g/mol. The molecule has 0 saturated carbocycles. The van der Waals surface area contributed by atoms with Crippen LogP contribution in [0.2, 0.25) is 5.15 Å². The molecule has 0 unspecified atom stereocenters. The maximum absolute atomic E-state index is 11.9. The Morgan fingerprint density at radius 1 is 1.12 bits per heavy atom. The molecule has 124 valence electrons. The normalized spacial score (nSPS) is 9.92. The molecule has 2 aromatic rings. The molecule has 0 radical (unpaired) electrons. The number of aromatic nitrogens is 1. The van der Waals surface area contributed by atoms with Crippen LogP contribution in [0.4, 0.5) is 5.69 Å². The first kappa shape index (κ1) is 17.4. The van der Waals surface area contributed by atoms with E-state index < -0.39 is 24.5 Å². The minimum Gasteiger partial charge on any atom is -0.465 e. The van der Waals surface area contributed by atoms with Gasteiger partial charge >= 0.3 is 11.9 Å². The van der Waals surface area contributed by atoms with Gasteiger partial charge in [0.25, 0.3) is 5.91 Å². The van der Waals surface area contributed by atoms with E-state index in [-0.39, 0.29) is 22.0 Å². The molecule has 0 aliphatic heterocycles. The second-order valence-corrected chi connectivity index (χ2v) is 4.92. The predicted octanol–water partition coefficient (Wildman–Crippen LogP) is 2.32. The minimum absolute atomic E-state index is 0.169. The van der Waals surface area contributed by atoms with Crippen molar-refractivity contribution in [3.05, 3.63) is 58.9 Å². The summed E-state index contributed by atoms with van der Waals surface area (Å²) >= 11 is 5.62. The lowest BCUT2D eigenvalue weighted by Gasteiger charge is -2.10. The Labute approximate surface area is 142 Å². The number of anilines is 1. The lowest BCUT2D eigenvalue weighted by molar-refractivity contribution is -0.119. The largest absolute Gasteiger partial charge is 0.465 e. The third-order valence-electron chi connectivity index (χ3n) is 2.90. The number of carbonyl (C=O) groups excluding carboxylic acids is 3. The van der Waals surface area contributed by atoms with E-state index in [1.54, 1.807) is 12.1 Å². The quantitative estimate of drug-likeness (QED) is 0.658. The first-order valence-corrected chi connectivity index (χ1v) is 7.15. The molecule has 0 atom stereocenters. The van der Waals surface area contributed by atoms with Gasteiger partial charge in [-0.3, -0.25) is 4.79 Å². The smallest absolute Gasteiger partial charge is 0.340 e. The highest BCUT2D eigenvalue weighted by atomic mass is 35.5. The molecule has 1 aromatic heterocycles. The fourth-order valence-corrected chi connectivity index (χ4v) is 1.89. The van der Waals surface area contributed by atoms with Gasteiger partial charge in [-0.05, 0) is 24.3 Å². The number of hydrogen-bond donors (Lipinski definition) is 1. The number of pyridine rings is 1. The van der Waals surface area contributed by atoms with Gasteiger partial charge in [-0.25, -0.2) is 14.6 Å². The fourth-order valence-electron chi connectivity index (χ4n) is 1.78. The molecule has 0 bridgehead atoms. The zero-order chi connectivity index (χ0) is 17.5. The van der Waals surface area contributed by atoms with Crippen molar-refractivity contribution in [2.75, 3.05) is 19.0 Å². The number of halogens is 1. The number of ether oxygens (including phenoxy) is 2. The maximum Gasteiger partial charge on any atom is 0.340 e. The number of esters is 2. The lowest BCUT2D eigenvalue weighted by Crippen LogP contribution is -2.22. The van der Waals surface area contributed by atoms with Gasteiger partial charge in [-0.15, -0.1) is 0 Å². The van der Waals surface area contributed by atoms with E-state index in [4.69, 9.17) is 16.3 Å². The summed E-state index contributed by atoms with van der Waals surface area (Å²) in [5.41, 5.74) is 0.627. The Balaban J connectivity index is 1.95. The first-order valence-electron chi connectivity index (χ1n) is 6.77. The highest BCUT2D eigenvalue weighted by Gasteiger charge is 2.15. The van der Waals surface area contributed by atoms with Crippen molar-refractivity contribution in [3.63, 3.8) is 0 Å². The molecule has 0 spiro atoms. The van der Waals surface area contributed by atoms with Gasteiger partial charge in [0.15, 0.2) is 6.61 Å². The molecule has 1 heterocycles. The molecule has 1 amide bonds. The Bertz CT molecular complexity index is 761. The summed E-state index contributed by atoms with van der Waals surface area (Å²) in [7, 11) is 1.24. The van der Waals surface area contributed by atoms with Gasteiger partial charge < -0.3 is 14.8 Å². The second kappa shape index (κ2) is 8.07. The number of benzene rings is 1. The summed E-state index contributed by atoms with van der Waals surface area (Å²) in [5, 5.41) is 2.73. The number of nitrogens with zero attached hydrogens (tertiary/aromatic N) is 1. The molecule has 8 heteroatoms. The van der Waals surface area contributed by atoms with E-state index >= 15 is 0 Å². The number of nitrogens with one attached hydrogen (secondary N) is 1. The molecule has 0 fully saturated rings. The number of methoxy groups -OCH3 is 1. The van der Waals surface area contributed by atoms with Crippen LogP contribution in [-0.2, 0) is 14.3 Å². The standard InChI is InChI=1S/C16H13ClN2O5/c1-23-16(22)11-4-2-3-5-12(11)19-14(20)9-24-15(21)10-6-7-13(17)18-8-10/h2-8H,9H2,1H3,(H,19,20). The van der Waals surface area contributed by atoms with Crippen molar-refractivity contribution in [2.24, 2.45) is 0 Å². The number of amides is 1. The van der Waals surface area contributed by atoms with Crippen LogP contribution < -0.4 is 5.32 Å². The van der Waals surface area contributed by atoms with E-state index in [9.17, 15) is 14.4 Å². The van der Waals surface area contributed by atoms with E-state index in [0.717, 1.165) is 0 Å². The minimum atomic E-state index is -0.712. The molecule has 7 nitrogen and oxygen atoms in total. The Kier molecular flexibility index (Phi) is 5.86. The monoisotopic (exact) mass is 348 g/mol. The van der Waals surface area contributed by atoms with Crippen molar-refractivity contribution >= 4 is 35.1 Å². The summed E-state index contributed by atoms with van der Waals surface area (Å²) < 4.78 is 9.51. The summed E-state index contributed by atoms with van der Waals surface area (Å²) in [6.07, 6.45) is 1.25. The van der Waals surface area contributed by atoms with Gasteiger partial charge in [-0.1, -0.05) is 23.7 Å². The van der Waals surface area contributed by atoms with Crippen molar-refractivity contribution < 1.29 is 23.9 Å². The maximum atomic E-state index is 11.9. The van der Waals surface area contributed by atoms with Crippen LogP contribution in [0.1, 0.15) is 20.7 Å². The summed E-state index contributed by atoms with van der Waals surface area (Å²) in [4.78, 5) is 39.0. The zero-order valence-corrected chi connectivity index (χ0v) is 13.4. The topological polar surface area (TPSA) is 94.6 Å². The van der Waals surface area contributed by atoms with E-state index in [0.29, 0.717) is 0 Å².